The monoisotopic (exact) mass is 253 g/mol. The minimum Gasteiger partial charge on any atom is -0.394 e. The molecule has 0 unspecified atom stereocenters. The van der Waals surface area contributed by atoms with E-state index >= 15 is 0 Å². The number of nitrogens with zero attached hydrogens (tertiary/aromatic N) is 4. The molecule has 7 nitrogen and oxygen atoms in total. The van der Waals surface area contributed by atoms with Gasteiger partial charge in [0, 0.05) is 6.42 Å². The lowest BCUT2D eigenvalue weighted by molar-refractivity contribution is -0.0351. The van der Waals surface area contributed by atoms with Crippen molar-refractivity contribution in [2.24, 2.45) is 0 Å². The summed E-state index contributed by atoms with van der Waals surface area (Å²) in [7, 11) is 0. The maximum Gasteiger partial charge on any atom is 0.168 e. The highest BCUT2D eigenvalue weighted by atomic mass is 19.1. The van der Waals surface area contributed by atoms with Crippen molar-refractivity contribution in [1.82, 2.24) is 19.5 Å². The normalized spacial score (nSPS) is 28.0. The molecule has 18 heavy (non-hydrogen) atoms. The van der Waals surface area contributed by atoms with Gasteiger partial charge in [-0.1, -0.05) is 0 Å². The van der Waals surface area contributed by atoms with E-state index in [0.29, 0.717) is 11.2 Å². The fourth-order valence-corrected chi connectivity index (χ4v) is 2.12. The smallest absolute Gasteiger partial charge is 0.168 e. The molecule has 3 N–H and O–H groups in total. The number of alkyl halides is 1. The topological polar surface area (TPSA) is 99.1 Å². The Bertz CT molecular complexity index is 574. The zero-order chi connectivity index (χ0) is 12.7. The first-order chi connectivity index (χ1) is 8.70. The summed E-state index contributed by atoms with van der Waals surface area (Å²) in [6, 6.07) is 0. The molecule has 3 rings (SSSR count). The number of hydrogen-bond acceptors (Lipinski definition) is 6. The van der Waals surface area contributed by atoms with E-state index in [1.54, 1.807) is 0 Å². The van der Waals surface area contributed by atoms with E-state index in [1.807, 2.05) is 0 Å². The molecule has 1 aliphatic rings. The number of aliphatic hydroxyl groups excluding tert-OH is 1. The standard InChI is InChI=1S/C10H12FN5O2/c11-6-1-5(2-17)18-10(6)16-4-15-7-8(12)13-3-14-9(7)16/h3-6,10,17H,1-2H2,(H2,12,13,14)/t5-,6+,10+/m1/s1. The summed E-state index contributed by atoms with van der Waals surface area (Å²) in [6.45, 7) is -0.208. The van der Waals surface area contributed by atoms with E-state index in [-0.39, 0.29) is 18.8 Å². The first-order valence-electron chi connectivity index (χ1n) is 5.54. The summed E-state index contributed by atoms with van der Waals surface area (Å²) in [5, 5.41) is 8.99. The van der Waals surface area contributed by atoms with Crippen LogP contribution in [-0.4, -0.2) is 43.5 Å². The largest absolute Gasteiger partial charge is 0.394 e. The van der Waals surface area contributed by atoms with Crippen molar-refractivity contribution in [2.45, 2.75) is 24.9 Å². The highest BCUT2D eigenvalue weighted by Crippen LogP contribution is 2.33. The number of fused-ring (bicyclic) bond motifs is 1. The van der Waals surface area contributed by atoms with Gasteiger partial charge in [-0.3, -0.25) is 4.57 Å². The number of aliphatic hydroxyl groups is 1. The SMILES string of the molecule is Nc1ncnc2c1ncn2[C@H]1O[C@@H](CO)C[C@@H]1F. The van der Waals surface area contributed by atoms with Crippen molar-refractivity contribution in [3.63, 3.8) is 0 Å². The van der Waals surface area contributed by atoms with Gasteiger partial charge in [-0.05, 0) is 0 Å². The first-order valence-corrected chi connectivity index (χ1v) is 5.54. The van der Waals surface area contributed by atoms with Crippen molar-refractivity contribution in [3.05, 3.63) is 12.7 Å². The summed E-state index contributed by atoms with van der Waals surface area (Å²) >= 11 is 0. The summed E-state index contributed by atoms with van der Waals surface area (Å²) in [5.41, 5.74) is 6.50. The van der Waals surface area contributed by atoms with E-state index in [1.165, 1.54) is 17.2 Å². The molecule has 0 radical (unpaired) electrons. The lowest BCUT2D eigenvalue weighted by Gasteiger charge is -2.15. The second kappa shape index (κ2) is 4.14. The van der Waals surface area contributed by atoms with Gasteiger partial charge >= 0.3 is 0 Å². The summed E-state index contributed by atoms with van der Waals surface area (Å²) in [6.07, 6.45) is 0.328. The van der Waals surface area contributed by atoms with E-state index < -0.39 is 18.5 Å². The minimum atomic E-state index is -1.21. The number of nitrogens with two attached hydrogens (primary N) is 1. The Labute approximate surface area is 101 Å². The third-order valence-corrected chi connectivity index (χ3v) is 2.99. The van der Waals surface area contributed by atoms with E-state index in [9.17, 15) is 4.39 Å². The second-order valence-corrected chi connectivity index (χ2v) is 4.17. The van der Waals surface area contributed by atoms with Crippen LogP contribution < -0.4 is 5.73 Å². The van der Waals surface area contributed by atoms with E-state index in [2.05, 4.69) is 15.0 Å². The van der Waals surface area contributed by atoms with Crippen LogP contribution in [0.2, 0.25) is 0 Å². The fraction of sp³-hybridized carbons (Fsp3) is 0.500. The van der Waals surface area contributed by atoms with Crippen LogP contribution in [-0.2, 0) is 4.74 Å². The fourth-order valence-electron chi connectivity index (χ4n) is 2.12. The van der Waals surface area contributed by atoms with Crippen LogP contribution in [0.3, 0.4) is 0 Å². The molecule has 1 fully saturated rings. The Hall–Kier alpha value is -1.80. The molecule has 0 aromatic carbocycles. The number of imidazole rings is 1. The maximum atomic E-state index is 13.9. The molecule has 2 aromatic heterocycles. The summed E-state index contributed by atoms with van der Waals surface area (Å²) < 4.78 is 20.7. The number of aromatic nitrogens is 4. The average Bonchev–Trinajstić information content (AvgIpc) is 2.93. The number of halogens is 1. The Kier molecular flexibility index (Phi) is 2.60. The van der Waals surface area contributed by atoms with Crippen LogP contribution in [0.1, 0.15) is 12.6 Å². The first kappa shape index (κ1) is 11.3. The minimum absolute atomic E-state index is 0.154. The molecule has 0 spiro atoms. The number of rotatable bonds is 2. The Morgan fingerprint density at radius 1 is 1.50 bits per heavy atom. The maximum absolute atomic E-state index is 13.9. The zero-order valence-electron chi connectivity index (χ0n) is 9.40. The van der Waals surface area contributed by atoms with Gasteiger partial charge in [-0.25, -0.2) is 19.3 Å². The van der Waals surface area contributed by atoms with Gasteiger partial charge in [0.1, 0.15) is 18.0 Å². The van der Waals surface area contributed by atoms with Gasteiger partial charge < -0.3 is 15.6 Å². The molecule has 3 atom stereocenters. The van der Waals surface area contributed by atoms with Crippen molar-refractivity contribution < 1.29 is 14.2 Å². The van der Waals surface area contributed by atoms with Crippen molar-refractivity contribution >= 4 is 17.0 Å². The van der Waals surface area contributed by atoms with Crippen LogP contribution in [0, 0.1) is 0 Å². The molecule has 0 saturated carbocycles. The zero-order valence-corrected chi connectivity index (χ0v) is 9.40. The number of anilines is 1. The number of hydrogen-bond donors (Lipinski definition) is 2. The third-order valence-electron chi connectivity index (χ3n) is 2.99. The lowest BCUT2D eigenvalue weighted by Crippen LogP contribution is -2.16. The van der Waals surface area contributed by atoms with Gasteiger partial charge in [0.25, 0.3) is 0 Å². The molecule has 3 heterocycles. The van der Waals surface area contributed by atoms with E-state index in [4.69, 9.17) is 15.6 Å². The molecular formula is C10H12FN5O2. The Morgan fingerprint density at radius 2 is 2.33 bits per heavy atom. The molecular weight excluding hydrogens is 241 g/mol. The predicted octanol–water partition coefficient (Wildman–Crippen LogP) is 0.0264. The molecule has 0 bridgehead atoms. The van der Waals surface area contributed by atoms with Gasteiger partial charge in [-0.2, -0.15) is 0 Å². The van der Waals surface area contributed by atoms with Crippen LogP contribution >= 0.6 is 0 Å². The van der Waals surface area contributed by atoms with Crippen molar-refractivity contribution in [2.75, 3.05) is 12.3 Å². The number of ether oxygens (including phenoxy) is 1. The van der Waals surface area contributed by atoms with E-state index in [0.717, 1.165) is 0 Å². The van der Waals surface area contributed by atoms with Crippen molar-refractivity contribution in [3.8, 4) is 0 Å². The molecule has 2 aromatic rings. The highest BCUT2D eigenvalue weighted by Gasteiger charge is 2.37. The van der Waals surface area contributed by atoms with Crippen molar-refractivity contribution in [1.29, 1.82) is 0 Å². The van der Waals surface area contributed by atoms with Crippen LogP contribution in [0.15, 0.2) is 12.7 Å². The quantitative estimate of drug-likeness (QED) is 0.783. The molecule has 96 valence electrons. The second-order valence-electron chi connectivity index (χ2n) is 4.17. The van der Waals surface area contributed by atoms with Gasteiger partial charge in [-0.15, -0.1) is 0 Å². The van der Waals surface area contributed by atoms with Gasteiger partial charge in [0.15, 0.2) is 17.7 Å². The average molecular weight is 253 g/mol. The van der Waals surface area contributed by atoms with Gasteiger partial charge in [0.2, 0.25) is 0 Å². The van der Waals surface area contributed by atoms with Gasteiger partial charge in [0.05, 0.1) is 19.0 Å². The van der Waals surface area contributed by atoms with Crippen LogP contribution in [0.4, 0.5) is 10.2 Å². The van der Waals surface area contributed by atoms with Crippen LogP contribution in [0.5, 0.6) is 0 Å². The molecule has 0 amide bonds. The predicted molar refractivity (Wildman–Crippen MR) is 60.2 cm³/mol. The molecule has 1 aliphatic heterocycles. The third kappa shape index (κ3) is 1.61. The summed E-state index contributed by atoms with van der Waals surface area (Å²) in [5.74, 6) is 0.242. The molecule has 8 heteroatoms. The highest BCUT2D eigenvalue weighted by molar-refractivity contribution is 5.81. The van der Waals surface area contributed by atoms with Crippen LogP contribution in [0.25, 0.3) is 11.2 Å². The lowest BCUT2D eigenvalue weighted by atomic mass is 10.2. The molecule has 1 saturated heterocycles. The Morgan fingerprint density at radius 3 is 3.06 bits per heavy atom. The summed E-state index contributed by atoms with van der Waals surface area (Å²) in [4.78, 5) is 11.9. The molecule has 0 aliphatic carbocycles. The Balaban J connectivity index is 2.02. The number of nitrogen functional groups attached to an aromatic ring is 1.